The molecule has 0 radical (unpaired) electrons. The number of nitrogens with one attached hydrogen (secondary N) is 1. The monoisotopic (exact) mass is 286 g/mol. The maximum absolute atomic E-state index is 12.8. The molecule has 1 amide bonds. The van der Waals surface area contributed by atoms with Gasteiger partial charge in [0.05, 0.1) is 12.2 Å². The van der Waals surface area contributed by atoms with Gasteiger partial charge in [-0.15, -0.1) is 11.3 Å². The number of aliphatic hydroxyl groups is 1. The quantitative estimate of drug-likeness (QED) is 0.802. The summed E-state index contributed by atoms with van der Waals surface area (Å²) in [5, 5.41) is 11.2. The zero-order valence-corrected chi connectivity index (χ0v) is 10.6. The molecule has 102 valence electrons. The number of benzene rings is 1. The van der Waals surface area contributed by atoms with Crippen LogP contribution >= 0.6 is 11.3 Å². The predicted octanol–water partition coefficient (Wildman–Crippen LogP) is 1.84. The standard InChI is InChI=1S/C12H12F2N2O2S/c13-12(14,6-17)5-16-11(18)10-9(15)7-3-1-2-4-8(7)19-10/h1-4,17H,5-6,15H2,(H,16,18). The zero-order valence-electron chi connectivity index (χ0n) is 9.82. The van der Waals surface area contributed by atoms with Crippen molar-refractivity contribution in [2.24, 2.45) is 0 Å². The van der Waals surface area contributed by atoms with Crippen LogP contribution in [0.4, 0.5) is 14.5 Å². The second-order valence-corrected chi connectivity index (χ2v) is 5.09. The summed E-state index contributed by atoms with van der Waals surface area (Å²) in [6.45, 7) is -2.23. The SMILES string of the molecule is Nc1c(C(=O)NCC(F)(F)CO)sc2ccccc12. The summed E-state index contributed by atoms with van der Waals surface area (Å²) in [4.78, 5) is 12.0. The third kappa shape index (κ3) is 2.82. The number of halogens is 2. The van der Waals surface area contributed by atoms with E-state index in [1.165, 1.54) is 0 Å². The fourth-order valence-electron chi connectivity index (χ4n) is 1.58. The van der Waals surface area contributed by atoms with Gasteiger partial charge in [-0.3, -0.25) is 4.79 Å². The van der Waals surface area contributed by atoms with Crippen LogP contribution in [0.25, 0.3) is 10.1 Å². The molecule has 2 aromatic rings. The number of carbonyl (C=O) groups is 1. The van der Waals surface area contributed by atoms with Crippen molar-refractivity contribution in [3.63, 3.8) is 0 Å². The van der Waals surface area contributed by atoms with Crippen LogP contribution in [-0.4, -0.2) is 30.1 Å². The Kier molecular flexibility index (Phi) is 3.68. The molecule has 0 spiro atoms. The molecule has 1 heterocycles. The number of thiophene rings is 1. The van der Waals surface area contributed by atoms with E-state index in [1.54, 1.807) is 24.3 Å². The number of carbonyl (C=O) groups excluding carboxylic acids is 1. The summed E-state index contributed by atoms with van der Waals surface area (Å²) in [5.41, 5.74) is 6.11. The van der Waals surface area contributed by atoms with Crippen molar-refractivity contribution >= 4 is 33.0 Å². The van der Waals surface area contributed by atoms with Gasteiger partial charge in [0, 0.05) is 10.1 Å². The van der Waals surface area contributed by atoms with Crippen LogP contribution in [0, 0.1) is 0 Å². The van der Waals surface area contributed by atoms with Crippen molar-refractivity contribution in [2.45, 2.75) is 5.92 Å². The minimum Gasteiger partial charge on any atom is -0.397 e. The highest BCUT2D eigenvalue weighted by molar-refractivity contribution is 7.21. The number of hydrogen-bond donors (Lipinski definition) is 3. The largest absolute Gasteiger partial charge is 0.397 e. The molecule has 0 unspecified atom stereocenters. The van der Waals surface area contributed by atoms with E-state index >= 15 is 0 Å². The summed E-state index contributed by atoms with van der Waals surface area (Å²) in [6, 6.07) is 7.16. The van der Waals surface area contributed by atoms with Gasteiger partial charge in [-0.05, 0) is 6.07 Å². The normalized spacial score (nSPS) is 11.7. The summed E-state index contributed by atoms with van der Waals surface area (Å²) < 4.78 is 26.5. The Morgan fingerprint density at radius 2 is 2.11 bits per heavy atom. The second kappa shape index (κ2) is 5.10. The van der Waals surface area contributed by atoms with Gasteiger partial charge < -0.3 is 16.2 Å². The van der Waals surface area contributed by atoms with E-state index in [4.69, 9.17) is 10.8 Å². The lowest BCUT2D eigenvalue weighted by Crippen LogP contribution is -2.38. The molecule has 0 atom stereocenters. The number of aliphatic hydroxyl groups excluding tert-OH is 1. The van der Waals surface area contributed by atoms with Gasteiger partial charge in [0.15, 0.2) is 0 Å². The van der Waals surface area contributed by atoms with Crippen molar-refractivity contribution in [1.82, 2.24) is 5.32 Å². The number of fused-ring (bicyclic) bond motifs is 1. The number of amides is 1. The van der Waals surface area contributed by atoms with Gasteiger partial charge in [0.2, 0.25) is 0 Å². The average Bonchev–Trinajstić information content (AvgIpc) is 2.74. The van der Waals surface area contributed by atoms with Crippen LogP contribution < -0.4 is 11.1 Å². The van der Waals surface area contributed by atoms with Gasteiger partial charge in [-0.25, -0.2) is 8.78 Å². The fraction of sp³-hybridized carbons (Fsp3) is 0.250. The van der Waals surface area contributed by atoms with Crippen LogP contribution in [0.2, 0.25) is 0 Å². The summed E-state index contributed by atoms with van der Waals surface area (Å²) in [7, 11) is 0. The van der Waals surface area contributed by atoms with Gasteiger partial charge in [-0.1, -0.05) is 18.2 Å². The number of hydrogen-bond acceptors (Lipinski definition) is 4. The first kappa shape index (κ1) is 13.7. The number of alkyl halides is 2. The van der Waals surface area contributed by atoms with Gasteiger partial charge in [0.25, 0.3) is 11.8 Å². The van der Waals surface area contributed by atoms with Crippen molar-refractivity contribution in [3.05, 3.63) is 29.1 Å². The molecule has 4 N–H and O–H groups in total. The van der Waals surface area contributed by atoms with E-state index < -0.39 is 25.0 Å². The molecular formula is C12H12F2N2O2S. The van der Waals surface area contributed by atoms with Crippen molar-refractivity contribution in [2.75, 3.05) is 18.9 Å². The highest BCUT2D eigenvalue weighted by atomic mass is 32.1. The lowest BCUT2D eigenvalue weighted by atomic mass is 10.2. The number of anilines is 1. The topological polar surface area (TPSA) is 75.4 Å². The van der Waals surface area contributed by atoms with Crippen LogP contribution in [0.3, 0.4) is 0 Å². The first-order valence-corrected chi connectivity index (χ1v) is 6.30. The minimum atomic E-state index is -3.33. The van der Waals surface area contributed by atoms with E-state index in [0.717, 1.165) is 21.4 Å². The molecule has 1 aromatic carbocycles. The van der Waals surface area contributed by atoms with Crippen LogP contribution in [0.15, 0.2) is 24.3 Å². The molecule has 7 heteroatoms. The maximum Gasteiger partial charge on any atom is 0.287 e. The van der Waals surface area contributed by atoms with E-state index in [1.807, 2.05) is 0 Å². The van der Waals surface area contributed by atoms with E-state index in [2.05, 4.69) is 5.32 Å². The van der Waals surface area contributed by atoms with E-state index in [-0.39, 0.29) is 10.6 Å². The Bertz CT molecular complexity index is 613. The molecule has 0 saturated carbocycles. The number of nitrogen functional groups attached to an aromatic ring is 1. The smallest absolute Gasteiger partial charge is 0.287 e. The van der Waals surface area contributed by atoms with Crippen molar-refractivity contribution in [3.8, 4) is 0 Å². The first-order valence-electron chi connectivity index (χ1n) is 5.48. The molecule has 19 heavy (non-hydrogen) atoms. The lowest BCUT2D eigenvalue weighted by Gasteiger charge is -2.13. The zero-order chi connectivity index (χ0) is 14.0. The Labute approximate surface area is 111 Å². The first-order chi connectivity index (χ1) is 8.94. The van der Waals surface area contributed by atoms with E-state index in [0.29, 0.717) is 0 Å². The molecule has 4 nitrogen and oxygen atoms in total. The van der Waals surface area contributed by atoms with E-state index in [9.17, 15) is 13.6 Å². The summed E-state index contributed by atoms with van der Waals surface area (Å²) in [5.74, 6) is -3.99. The highest BCUT2D eigenvalue weighted by Gasteiger charge is 2.29. The fourth-order valence-corrected chi connectivity index (χ4v) is 2.62. The van der Waals surface area contributed by atoms with Gasteiger partial charge in [0.1, 0.15) is 11.5 Å². The summed E-state index contributed by atoms with van der Waals surface area (Å²) in [6.07, 6.45) is 0. The van der Waals surface area contributed by atoms with Crippen molar-refractivity contribution < 1.29 is 18.7 Å². The van der Waals surface area contributed by atoms with Crippen molar-refractivity contribution in [1.29, 1.82) is 0 Å². The molecule has 2 rings (SSSR count). The van der Waals surface area contributed by atoms with Crippen LogP contribution in [0.5, 0.6) is 0 Å². The average molecular weight is 286 g/mol. The molecule has 0 saturated heterocycles. The highest BCUT2D eigenvalue weighted by Crippen LogP contribution is 2.33. The summed E-state index contributed by atoms with van der Waals surface area (Å²) >= 11 is 1.15. The lowest BCUT2D eigenvalue weighted by molar-refractivity contribution is -0.0461. The Morgan fingerprint density at radius 1 is 1.42 bits per heavy atom. The Balaban J connectivity index is 2.20. The van der Waals surface area contributed by atoms with Crippen LogP contribution in [-0.2, 0) is 0 Å². The second-order valence-electron chi connectivity index (χ2n) is 4.04. The van der Waals surface area contributed by atoms with Gasteiger partial charge in [-0.2, -0.15) is 0 Å². The molecule has 0 bridgehead atoms. The van der Waals surface area contributed by atoms with Gasteiger partial charge >= 0.3 is 0 Å². The Morgan fingerprint density at radius 3 is 2.74 bits per heavy atom. The number of nitrogens with two attached hydrogens (primary N) is 1. The molecular weight excluding hydrogens is 274 g/mol. The molecule has 0 aliphatic heterocycles. The third-order valence-corrected chi connectivity index (χ3v) is 3.76. The molecule has 0 fully saturated rings. The number of rotatable bonds is 4. The molecule has 1 aromatic heterocycles. The maximum atomic E-state index is 12.8. The molecule has 0 aliphatic carbocycles. The Hall–Kier alpha value is -1.73. The predicted molar refractivity (Wildman–Crippen MR) is 70.6 cm³/mol. The third-order valence-electron chi connectivity index (χ3n) is 2.58. The molecule has 0 aliphatic rings. The van der Waals surface area contributed by atoms with Crippen LogP contribution in [0.1, 0.15) is 9.67 Å². The minimum absolute atomic E-state index is 0.204.